The Morgan fingerprint density at radius 3 is 2.35 bits per heavy atom. The second kappa shape index (κ2) is 7.28. The lowest BCUT2D eigenvalue weighted by molar-refractivity contribution is -0.129. The molecule has 4 nitrogen and oxygen atoms in total. The van der Waals surface area contributed by atoms with Crippen molar-refractivity contribution in [3.8, 4) is 17.6 Å². The van der Waals surface area contributed by atoms with Crippen molar-refractivity contribution in [2.75, 3.05) is 7.11 Å². The molecule has 0 amide bonds. The molecule has 116 valence electrons. The Balaban J connectivity index is 2.33. The SMILES string of the molecule is COc1ccccc1/C=C(\C#N)C(=O)Oc1c(C)cccc1C. The fourth-order valence-electron chi connectivity index (χ4n) is 2.19. The summed E-state index contributed by atoms with van der Waals surface area (Å²) >= 11 is 0. The third-order valence-electron chi connectivity index (χ3n) is 3.38. The molecule has 2 aromatic rings. The lowest BCUT2D eigenvalue weighted by Gasteiger charge is -2.10. The number of benzene rings is 2. The fraction of sp³-hybridized carbons (Fsp3) is 0.158. The van der Waals surface area contributed by atoms with Crippen LogP contribution in [-0.4, -0.2) is 13.1 Å². The van der Waals surface area contributed by atoms with Crippen LogP contribution in [0.4, 0.5) is 0 Å². The molecule has 0 unspecified atom stereocenters. The normalized spacial score (nSPS) is 10.8. The highest BCUT2D eigenvalue weighted by atomic mass is 16.5. The molecule has 4 heteroatoms. The van der Waals surface area contributed by atoms with Gasteiger partial charge in [-0.15, -0.1) is 0 Å². The van der Waals surface area contributed by atoms with Crippen molar-refractivity contribution in [3.63, 3.8) is 0 Å². The molecule has 0 aliphatic heterocycles. The minimum absolute atomic E-state index is 0.0860. The summed E-state index contributed by atoms with van der Waals surface area (Å²) in [7, 11) is 1.54. The van der Waals surface area contributed by atoms with Crippen molar-refractivity contribution in [2.45, 2.75) is 13.8 Å². The third kappa shape index (κ3) is 3.78. The number of nitrogens with zero attached hydrogens (tertiary/aromatic N) is 1. The summed E-state index contributed by atoms with van der Waals surface area (Å²) in [5.41, 5.74) is 2.24. The maximum Gasteiger partial charge on any atom is 0.354 e. The molecule has 0 N–H and O–H groups in total. The van der Waals surface area contributed by atoms with Gasteiger partial charge in [-0.25, -0.2) is 4.79 Å². The summed E-state index contributed by atoms with van der Waals surface area (Å²) in [6.45, 7) is 3.71. The Bertz CT molecular complexity index is 780. The number of nitriles is 1. The molecule has 2 rings (SSSR count). The zero-order valence-corrected chi connectivity index (χ0v) is 13.3. The highest BCUT2D eigenvalue weighted by Gasteiger charge is 2.15. The molecule has 0 atom stereocenters. The lowest BCUT2D eigenvalue weighted by atomic mass is 10.1. The van der Waals surface area contributed by atoms with Crippen molar-refractivity contribution in [1.29, 1.82) is 5.26 Å². The first kappa shape index (κ1) is 16.3. The predicted molar refractivity (Wildman–Crippen MR) is 88.1 cm³/mol. The monoisotopic (exact) mass is 307 g/mol. The highest BCUT2D eigenvalue weighted by molar-refractivity contribution is 5.99. The van der Waals surface area contributed by atoms with E-state index in [2.05, 4.69) is 0 Å². The average molecular weight is 307 g/mol. The summed E-state index contributed by atoms with van der Waals surface area (Å²) in [5.74, 6) is 0.384. The smallest absolute Gasteiger partial charge is 0.354 e. The van der Waals surface area contributed by atoms with Crippen LogP contribution in [-0.2, 0) is 4.79 Å². The van der Waals surface area contributed by atoms with Crippen LogP contribution < -0.4 is 9.47 Å². The summed E-state index contributed by atoms with van der Waals surface area (Å²) in [5, 5.41) is 9.28. The fourth-order valence-corrected chi connectivity index (χ4v) is 2.19. The van der Waals surface area contributed by atoms with Gasteiger partial charge in [0.15, 0.2) is 0 Å². The maximum atomic E-state index is 12.3. The Morgan fingerprint density at radius 2 is 1.74 bits per heavy atom. The average Bonchev–Trinajstić information content (AvgIpc) is 2.56. The van der Waals surface area contributed by atoms with Gasteiger partial charge in [-0.05, 0) is 37.1 Å². The first-order valence-corrected chi connectivity index (χ1v) is 7.10. The number of carbonyl (C=O) groups is 1. The van der Waals surface area contributed by atoms with E-state index in [1.54, 1.807) is 18.2 Å². The summed E-state index contributed by atoms with van der Waals surface area (Å²) in [4.78, 5) is 12.3. The quantitative estimate of drug-likeness (QED) is 0.373. The molecule has 0 aliphatic carbocycles. The van der Waals surface area contributed by atoms with Crippen molar-refractivity contribution in [1.82, 2.24) is 0 Å². The van der Waals surface area contributed by atoms with Gasteiger partial charge in [0.1, 0.15) is 23.1 Å². The van der Waals surface area contributed by atoms with E-state index in [0.717, 1.165) is 11.1 Å². The topological polar surface area (TPSA) is 59.3 Å². The molecule has 0 heterocycles. The summed E-state index contributed by atoms with van der Waals surface area (Å²) in [6.07, 6.45) is 1.47. The number of aryl methyl sites for hydroxylation is 2. The van der Waals surface area contributed by atoms with Gasteiger partial charge in [0.25, 0.3) is 0 Å². The molecule has 0 aliphatic rings. The largest absolute Gasteiger partial charge is 0.496 e. The Labute approximate surface area is 135 Å². The number of carbonyl (C=O) groups excluding carboxylic acids is 1. The van der Waals surface area contributed by atoms with Crippen molar-refractivity contribution in [3.05, 3.63) is 64.7 Å². The number of esters is 1. The van der Waals surface area contributed by atoms with Crippen LogP contribution in [0.25, 0.3) is 6.08 Å². The molecule has 0 aromatic heterocycles. The number of hydrogen-bond acceptors (Lipinski definition) is 4. The predicted octanol–water partition coefficient (Wildman–Crippen LogP) is 3.82. The Hall–Kier alpha value is -3.06. The van der Waals surface area contributed by atoms with Gasteiger partial charge < -0.3 is 9.47 Å². The van der Waals surface area contributed by atoms with E-state index in [0.29, 0.717) is 17.1 Å². The van der Waals surface area contributed by atoms with Crippen LogP contribution in [0.5, 0.6) is 11.5 Å². The molecule has 0 saturated carbocycles. The third-order valence-corrected chi connectivity index (χ3v) is 3.38. The van der Waals surface area contributed by atoms with Gasteiger partial charge in [-0.1, -0.05) is 36.4 Å². The van der Waals surface area contributed by atoms with E-state index in [4.69, 9.17) is 9.47 Å². The van der Waals surface area contributed by atoms with Crippen LogP contribution in [0.2, 0.25) is 0 Å². The number of rotatable bonds is 4. The molecule has 0 radical (unpaired) electrons. The molecule has 0 spiro atoms. The highest BCUT2D eigenvalue weighted by Crippen LogP contribution is 2.25. The number of methoxy groups -OCH3 is 1. The summed E-state index contributed by atoms with van der Waals surface area (Å²) in [6, 6.07) is 14.6. The van der Waals surface area contributed by atoms with Gasteiger partial charge in [-0.3, -0.25) is 0 Å². The van der Waals surface area contributed by atoms with Gasteiger partial charge in [0, 0.05) is 5.56 Å². The van der Waals surface area contributed by atoms with Crippen LogP contribution in [0.1, 0.15) is 16.7 Å². The van der Waals surface area contributed by atoms with E-state index in [1.807, 2.05) is 44.2 Å². The zero-order valence-electron chi connectivity index (χ0n) is 13.3. The Morgan fingerprint density at radius 1 is 1.09 bits per heavy atom. The minimum atomic E-state index is -0.684. The van der Waals surface area contributed by atoms with Crippen molar-refractivity contribution >= 4 is 12.0 Å². The van der Waals surface area contributed by atoms with Crippen LogP contribution in [0.3, 0.4) is 0 Å². The number of hydrogen-bond donors (Lipinski definition) is 0. The standard InChI is InChI=1S/C19H17NO3/c1-13-7-6-8-14(2)18(13)23-19(21)16(12-20)11-15-9-4-5-10-17(15)22-3/h4-11H,1-3H3/b16-11+. The number of para-hydroxylation sites is 2. The second-order valence-corrected chi connectivity index (χ2v) is 5.02. The zero-order chi connectivity index (χ0) is 16.8. The number of ether oxygens (including phenoxy) is 2. The summed E-state index contributed by atoms with van der Waals surface area (Å²) < 4.78 is 10.6. The first-order valence-electron chi connectivity index (χ1n) is 7.10. The molecule has 0 fully saturated rings. The van der Waals surface area contributed by atoms with Crippen molar-refractivity contribution < 1.29 is 14.3 Å². The second-order valence-electron chi connectivity index (χ2n) is 5.02. The Kier molecular flexibility index (Phi) is 5.16. The molecular weight excluding hydrogens is 290 g/mol. The van der Waals surface area contributed by atoms with Crippen LogP contribution in [0, 0.1) is 25.2 Å². The van der Waals surface area contributed by atoms with Gasteiger partial charge >= 0.3 is 5.97 Å². The van der Waals surface area contributed by atoms with Gasteiger partial charge in [-0.2, -0.15) is 5.26 Å². The molecule has 23 heavy (non-hydrogen) atoms. The minimum Gasteiger partial charge on any atom is -0.496 e. The maximum absolute atomic E-state index is 12.3. The van der Waals surface area contributed by atoms with Gasteiger partial charge in [0.2, 0.25) is 0 Å². The molecule has 0 saturated heterocycles. The van der Waals surface area contributed by atoms with E-state index >= 15 is 0 Å². The van der Waals surface area contributed by atoms with Crippen molar-refractivity contribution in [2.24, 2.45) is 0 Å². The molecular formula is C19H17NO3. The van der Waals surface area contributed by atoms with Crippen LogP contribution in [0.15, 0.2) is 48.0 Å². The van der Waals surface area contributed by atoms with Gasteiger partial charge in [0.05, 0.1) is 7.11 Å². The van der Waals surface area contributed by atoms with E-state index < -0.39 is 5.97 Å². The lowest BCUT2D eigenvalue weighted by Crippen LogP contribution is -2.11. The molecule has 0 bridgehead atoms. The van der Waals surface area contributed by atoms with E-state index in [9.17, 15) is 10.1 Å². The molecule has 2 aromatic carbocycles. The van der Waals surface area contributed by atoms with E-state index in [1.165, 1.54) is 13.2 Å². The van der Waals surface area contributed by atoms with E-state index in [-0.39, 0.29) is 5.57 Å². The van der Waals surface area contributed by atoms with Crippen LogP contribution >= 0.6 is 0 Å². The first-order chi connectivity index (χ1) is 11.1.